The molecule has 10 rings (SSSR count). The average molecular weight is 654 g/mol. The predicted molar refractivity (Wildman–Crippen MR) is 176 cm³/mol. The first-order valence-electron chi connectivity index (χ1n) is 15.8. The first-order valence-corrected chi connectivity index (χ1v) is 16.6. The zero-order valence-electron chi connectivity index (χ0n) is 24.8. The lowest BCUT2D eigenvalue weighted by molar-refractivity contribution is 0.253. The van der Waals surface area contributed by atoms with Crippen LogP contribution in [0.2, 0.25) is 10.3 Å². The molecule has 46 heavy (non-hydrogen) atoms. The number of halogens is 2. The maximum absolute atomic E-state index is 13.0. The van der Waals surface area contributed by atoms with Gasteiger partial charge in [0.05, 0.1) is 59.3 Å². The van der Waals surface area contributed by atoms with E-state index in [4.69, 9.17) is 23.2 Å². The van der Waals surface area contributed by atoms with E-state index in [1.165, 1.54) is 36.8 Å². The third-order valence-electron chi connectivity index (χ3n) is 9.79. The van der Waals surface area contributed by atoms with Crippen molar-refractivity contribution in [2.75, 3.05) is 19.6 Å². The fraction of sp³-hybridized carbons (Fsp3) is 0.353. The Hall–Kier alpha value is -4.28. The lowest BCUT2D eigenvalue weighted by Gasteiger charge is -2.25. The second-order valence-electron chi connectivity index (χ2n) is 12.9. The van der Waals surface area contributed by atoms with Crippen molar-refractivity contribution >= 4 is 58.0 Å². The van der Waals surface area contributed by atoms with Crippen LogP contribution in [-0.2, 0) is 0 Å². The highest BCUT2D eigenvalue weighted by atomic mass is 35.5. The highest BCUT2D eigenvalue weighted by Gasteiger charge is 2.59. The molecular weight excluding hydrogens is 623 g/mol. The van der Waals surface area contributed by atoms with Crippen molar-refractivity contribution in [1.82, 2.24) is 19.9 Å². The molecule has 10 nitrogen and oxygen atoms in total. The number of carbonyl (C=O) groups is 2. The molecule has 12 heteroatoms. The Morgan fingerprint density at radius 1 is 0.565 bits per heavy atom. The van der Waals surface area contributed by atoms with Gasteiger partial charge in [-0.1, -0.05) is 23.2 Å². The Labute approximate surface area is 276 Å². The smallest absolute Gasteiger partial charge is 0.289 e. The van der Waals surface area contributed by atoms with Crippen molar-refractivity contribution in [1.29, 1.82) is 0 Å². The van der Waals surface area contributed by atoms with E-state index in [9.17, 15) is 9.59 Å². The first kappa shape index (κ1) is 28.0. The standard InChI is InChI=1S/2C17H15ClN4O/c2*18-16-7-11(3-6-20-16)21-13-8-14(13)22(17(21)23)15-9-19-5-4-12(15)10-1-2-10/h2*3-7,9-10,13-14H,1-2,8H2/t2*13-,14+/m10/s1. The molecule has 0 N–H and O–H groups in total. The van der Waals surface area contributed by atoms with Gasteiger partial charge < -0.3 is 0 Å². The molecule has 4 aliphatic carbocycles. The van der Waals surface area contributed by atoms with Gasteiger partial charge in [0.1, 0.15) is 10.3 Å². The minimum absolute atomic E-state index is 0.0171. The number of amides is 4. The monoisotopic (exact) mass is 652 g/mol. The van der Waals surface area contributed by atoms with Gasteiger partial charge in [0.2, 0.25) is 0 Å². The van der Waals surface area contributed by atoms with Crippen molar-refractivity contribution in [3.63, 3.8) is 0 Å². The highest BCUT2D eigenvalue weighted by Crippen LogP contribution is 2.52. The molecule has 2 aliphatic heterocycles. The molecule has 4 atom stereocenters. The van der Waals surface area contributed by atoms with Crippen LogP contribution < -0.4 is 19.6 Å². The first-order chi connectivity index (χ1) is 22.5. The van der Waals surface area contributed by atoms with Crippen LogP contribution >= 0.6 is 23.2 Å². The second kappa shape index (κ2) is 10.6. The van der Waals surface area contributed by atoms with Gasteiger partial charge in [-0.05, 0) is 97.9 Å². The van der Waals surface area contributed by atoms with Crippen molar-refractivity contribution < 1.29 is 9.59 Å². The van der Waals surface area contributed by atoms with E-state index in [0.717, 1.165) is 35.6 Å². The predicted octanol–water partition coefficient (Wildman–Crippen LogP) is 7.19. The van der Waals surface area contributed by atoms with Gasteiger partial charge in [-0.3, -0.25) is 29.6 Å². The zero-order valence-corrected chi connectivity index (χ0v) is 26.3. The number of fused-ring (bicyclic) bond motifs is 2. The molecule has 0 unspecified atom stereocenters. The van der Waals surface area contributed by atoms with Crippen molar-refractivity contribution in [2.24, 2.45) is 0 Å². The molecule has 4 aromatic rings. The summed E-state index contributed by atoms with van der Waals surface area (Å²) in [5, 5.41) is 0.817. The van der Waals surface area contributed by atoms with E-state index >= 15 is 0 Å². The molecular formula is C34H30Cl2N8O2. The molecule has 2 saturated heterocycles. The Morgan fingerprint density at radius 3 is 1.37 bits per heavy atom. The summed E-state index contributed by atoms with van der Waals surface area (Å²) in [5.41, 5.74) is 6.12. The molecule has 6 heterocycles. The number of pyridine rings is 4. The summed E-state index contributed by atoms with van der Waals surface area (Å²) in [7, 11) is 0. The molecule has 0 aromatic carbocycles. The molecule has 6 fully saturated rings. The molecule has 4 aromatic heterocycles. The van der Waals surface area contributed by atoms with Gasteiger partial charge in [0.15, 0.2) is 0 Å². The Morgan fingerprint density at radius 2 is 0.978 bits per heavy atom. The van der Waals surface area contributed by atoms with Crippen LogP contribution in [0, 0.1) is 0 Å². The maximum atomic E-state index is 13.0. The third-order valence-corrected chi connectivity index (χ3v) is 10.2. The summed E-state index contributed by atoms with van der Waals surface area (Å²) in [6, 6.07) is 12.3. The van der Waals surface area contributed by atoms with E-state index in [1.54, 1.807) is 24.5 Å². The van der Waals surface area contributed by atoms with Gasteiger partial charge in [0, 0.05) is 24.8 Å². The van der Waals surface area contributed by atoms with Crippen molar-refractivity contribution in [2.45, 2.75) is 74.5 Å². The van der Waals surface area contributed by atoms with E-state index in [0.29, 0.717) is 22.1 Å². The molecule has 4 amide bonds. The number of urea groups is 2. The molecule has 232 valence electrons. The van der Waals surface area contributed by atoms with Crippen molar-refractivity contribution in [3.8, 4) is 0 Å². The normalized spacial score (nSPS) is 25.7. The van der Waals surface area contributed by atoms with Crippen LogP contribution in [0.1, 0.15) is 61.5 Å². The molecule has 4 saturated carbocycles. The summed E-state index contributed by atoms with van der Waals surface area (Å²) >= 11 is 12.0. The average Bonchev–Trinajstić information content (AvgIpc) is 3.84. The maximum Gasteiger partial charge on any atom is 0.329 e. The Bertz CT molecular complexity index is 1750. The molecule has 0 radical (unpaired) electrons. The Kier molecular flexibility index (Phi) is 6.47. The van der Waals surface area contributed by atoms with Crippen LogP contribution in [0.5, 0.6) is 0 Å². The molecule has 6 aliphatic rings. The summed E-state index contributed by atoms with van der Waals surface area (Å²) in [6.45, 7) is 0. The number of hydrogen-bond acceptors (Lipinski definition) is 6. The quantitative estimate of drug-likeness (QED) is 0.204. The van der Waals surface area contributed by atoms with Gasteiger partial charge >= 0.3 is 12.1 Å². The van der Waals surface area contributed by atoms with Crippen molar-refractivity contribution in [3.05, 3.63) is 95.0 Å². The van der Waals surface area contributed by atoms with E-state index in [2.05, 4.69) is 32.1 Å². The van der Waals surface area contributed by atoms with E-state index < -0.39 is 0 Å². The largest absolute Gasteiger partial charge is 0.329 e. The summed E-state index contributed by atoms with van der Waals surface area (Å²) < 4.78 is 0. The summed E-state index contributed by atoms with van der Waals surface area (Å²) in [6.07, 6.45) is 17.4. The lowest BCUT2D eigenvalue weighted by Crippen LogP contribution is -2.37. The lowest BCUT2D eigenvalue weighted by atomic mass is 10.1. The minimum atomic E-state index is 0.0171. The number of anilines is 4. The van der Waals surface area contributed by atoms with Crippen LogP contribution in [-0.4, -0.2) is 56.2 Å². The van der Waals surface area contributed by atoms with Gasteiger partial charge in [-0.25, -0.2) is 19.6 Å². The highest BCUT2D eigenvalue weighted by molar-refractivity contribution is 6.30. The summed E-state index contributed by atoms with van der Waals surface area (Å²) in [4.78, 5) is 50.1. The SMILES string of the molecule is O=C1N(c2ccnc(Cl)c2)[C@@H]2C[C@@H]2N1c1cnccc1C1CC1.O=C1N(c2cnccc2C2CC2)[C@@H]2C[C@@H]2N1c1ccnc(Cl)c1. The van der Waals surface area contributed by atoms with Gasteiger partial charge in [-0.2, -0.15) is 0 Å². The Balaban J connectivity index is 0.000000127. The van der Waals surface area contributed by atoms with Crippen LogP contribution in [0.15, 0.2) is 73.6 Å². The minimum Gasteiger partial charge on any atom is -0.289 e. The zero-order chi connectivity index (χ0) is 31.1. The number of nitrogens with zero attached hydrogens (tertiary/aromatic N) is 8. The number of rotatable bonds is 6. The fourth-order valence-electron chi connectivity index (χ4n) is 7.17. The van der Waals surface area contributed by atoms with E-state index in [1.807, 2.05) is 56.5 Å². The van der Waals surface area contributed by atoms with Gasteiger partial charge in [-0.15, -0.1) is 0 Å². The van der Waals surface area contributed by atoms with Crippen LogP contribution in [0.3, 0.4) is 0 Å². The van der Waals surface area contributed by atoms with Crippen LogP contribution in [0.4, 0.5) is 32.3 Å². The summed E-state index contributed by atoms with van der Waals surface area (Å²) in [5.74, 6) is 1.17. The molecule has 0 bridgehead atoms. The topological polar surface area (TPSA) is 98.7 Å². The second-order valence-corrected chi connectivity index (χ2v) is 13.7. The van der Waals surface area contributed by atoms with Gasteiger partial charge in [0.25, 0.3) is 0 Å². The van der Waals surface area contributed by atoms with Crippen LogP contribution in [0.25, 0.3) is 0 Å². The number of carbonyl (C=O) groups excluding carboxylic acids is 2. The third kappa shape index (κ3) is 4.77. The number of aromatic nitrogens is 4. The molecule has 0 spiro atoms. The fourth-order valence-corrected chi connectivity index (χ4v) is 7.51. The number of hydrogen-bond donors (Lipinski definition) is 0. The van der Waals surface area contributed by atoms with E-state index in [-0.39, 0.29) is 36.2 Å².